The molecule has 0 aromatic heterocycles. The molecule has 0 heterocycles. The summed E-state index contributed by atoms with van der Waals surface area (Å²) < 4.78 is 55.5. The predicted octanol–water partition coefficient (Wildman–Crippen LogP) is 1.75. The number of hydrogen-bond acceptors (Lipinski definition) is 4. The average Bonchev–Trinajstić information content (AvgIpc) is 2.50. The molecule has 13 heteroatoms. The largest absolute Gasteiger partial charge is 0.471 e. The Bertz CT molecular complexity index is 437. The lowest BCUT2D eigenvalue weighted by molar-refractivity contribution is -0.173. The molecule has 0 spiro atoms. The normalized spacial score (nSPS) is 14.4. The zero-order valence-corrected chi connectivity index (χ0v) is 15.1. The van der Waals surface area contributed by atoms with Gasteiger partial charge < -0.3 is 14.6 Å². The summed E-state index contributed by atoms with van der Waals surface area (Å²) >= 11 is 11.3. The Morgan fingerprint density at radius 2 is 1.79 bits per heavy atom. The van der Waals surface area contributed by atoms with E-state index in [9.17, 15) is 27.3 Å². The van der Waals surface area contributed by atoms with Crippen molar-refractivity contribution in [2.24, 2.45) is 0 Å². The summed E-state index contributed by atoms with van der Waals surface area (Å²) in [7, 11) is -3.67. The highest BCUT2D eigenvalue weighted by Crippen LogP contribution is 2.46. The van der Waals surface area contributed by atoms with Crippen LogP contribution >= 0.6 is 30.9 Å². The number of carbonyl (C=O) groups is 2. The van der Waals surface area contributed by atoms with Crippen LogP contribution in [0.1, 0.15) is 6.42 Å². The quantitative estimate of drug-likeness (QED) is 0.206. The molecule has 24 heavy (non-hydrogen) atoms. The number of nitrogens with zero attached hydrogens (tertiary/aromatic N) is 1. The van der Waals surface area contributed by atoms with Gasteiger partial charge in [0.15, 0.2) is 0 Å². The van der Waals surface area contributed by atoms with Gasteiger partial charge in [-0.3, -0.25) is 9.36 Å². The van der Waals surface area contributed by atoms with E-state index in [1.807, 2.05) is 0 Å². The second-order valence-corrected chi connectivity index (χ2v) is 7.24. The van der Waals surface area contributed by atoms with E-state index in [1.54, 1.807) is 5.32 Å². The minimum atomic E-state index is -4.99. The van der Waals surface area contributed by atoms with Crippen LogP contribution < -0.4 is 10.4 Å². The number of carbonyl (C=O) groups excluding carboxylic acids is 2. The molecule has 0 aliphatic heterocycles. The van der Waals surface area contributed by atoms with Gasteiger partial charge in [0.25, 0.3) is 0 Å². The summed E-state index contributed by atoms with van der Waals surface area (Å²) in [4.78, 5) is 21.0. The summed E-state index contributed by atoms with van der Waals surface area (Å²) in [6.07, 6.45) is -4.43. The van der Waals surface area contributed by atoms with Crippen molar-refractivity contribution < 1.29 is 31.8 Å². The van der Waals surface area contributed by atoms with Crippen LogP contribution in [0.5, 0.6) is 0 Å². The van der Waals surface area contributed by atoms with Crippen LogP contribution in [-0.2, 0) is 18.7 Å². The molecule has 1 atom stereocenters. The van der Waals surface area contributed by atoms with Gasteiger partial charge in [-0.15, -0.1) is 23.2 Å². The second-order valence-electron chi connectivity index (χ2n) is 4.30. The van der Waals surface area contributed by atoms with Crippen molar-refractivity contribution in [2.75, 3.05) is 44.5 Å². The summed E-state index contributed by atoms with van der Waals surface area (Å²) in [6.45, 7) is -0.525. The average molecular weight is 416 g/mol. The molecule has 2 N–H and O–H groups in total. The Morgan fingerprint density at radius 3 is 2.25 bits per heavy atom. The molecule has 0 saturated heterocycles. The summed E-state index contributed by atoms with van der Waals surface area (Å²) in [6, 6.07) is 0. The van der Waals surface area contributed by atoms with Gasteiger partial charge in [0, 0.05) is 44.4 Å². The first-order chi connectivity index (χ1) is 11.2. The highest BCUT2D eigenvalue weighted by atomic mass is 35.5. The minimum absolute atomic E-state index is 0.00787. The van der Waals surface area contributed by atoms with Gasteiger partial charge in [0.2, 0.25) is 0 Å². The van der Waals surface area contributed by atoms with E-state index in [1.165, 1.54) is 4.67 Å². The lowest BCUT2D eigenvalue weighted by Gasteiger charge is -2.30. The first kappa shape index (κ1) is 23.6. The zero-order valence-electron chi connectivity index (χ0n) is 12.7. The fraction of sp³-hybridized carbons (Fsp3) is 0.818. The molecule has 0 saturated carbocycles. The lowest BCUT2D eigenvalue weighted by Crippen LogP contribution is -2.41. The van der Waals surface area contributed by atoms with E-state index in [4.69, 9.17) is 27.7 Å². The van der Waals surface area contributed by atoms with Crippen molar-refractivity contribution in [3.05, 3.63) is 0 Å². The number of aldehydes is 1. The molecular formula is C11H19Cl2F3N3O4P. The highest BCUT2D eigenvalue weighted by molar-refractivity contribution is 7.54. The fourth-order valence-corrected chi connectivity index (χ4v) is 4.07. The first-order valence-corrected chi connectivity index (χ1v) is 9.51. The topological polar surface area (TPSA) is 87.7 Å². The SMILES string of the molecule is O=CCCOP(=O)(NCCNC(=O)C(F)(F)F)N(CCCl)CCCl. The smallest absolute Gasteiger partial charge is 0.347 e. The van der Waals surface area contributed by atoms with Crippen LogP contribution in [-0.4, -0.2) is 67.6 Å². The zero-order chi connectivity index (χ0) is 18.6. The third-order valence-corrected chi connectivity index (χ3v) is 5.18. The summed E-state index contributed by atoms with van der Waals surface area (Å²) in [5.74, 6) is -1.87. The fourth-order valence-electron chi connectivity index (χ4n) is 1.50. The maximum absolute atomic E-state index is 12.8. The number of halogens is 5. The van der Waals surface area contributed by atoms with Crippen molar-refractivity contribution >= 4 is 43.1 Å². The van der Waals surface area contributed by atoms with Crippen molar-refractivity contribution in [3.63, 3.8) is 0 Å². The standard InChI is InChI=1S/C11H19Cl2F3N3O4P/c12-2-6-19(7-3-13)24(22,23-9-1-8-20)18-5-4-17-10(21)11(14,15)16/h8H,1-7,9H2,(H,17,21)(H,18,22). The van der Waals surface area contributed by atoms with Crippen LogP contribution in [0.15, 0.2) is 0 Å². The minimum Gasteiger partial charge on any atom is -0.347 e. The monoisotopic (exact) mass is 415 g/mol. The summed E-state index contributed by atoms with van der Waals surface area (Å²) in [5, 5.41) is 4.11. The molecule has 0 fully saturated rings. The number of nitrogens with one attached hydrogen (secondary N) is 2. The van der Waals surface area contributed by atoms with Gasteiger partial charge >= 0.3 is 19.8 Å². The molecule has 0 aliphatic rings. The highest BCUT2D eigenvalue weighted by Gasteiger charge is 2.38. The van der Waals surface area contributed by atoms with Gasteiger partial charge in [0.05, 0.1) is 6.61 Å². The van der Waals surface area contributed by atoms with Gasteiger partial charge in [-0.2, -0.15) is 13.2 Å². The number of rotatable bonds is 13. The Balaban J connectivity index is 4.72. The molecule has 0 radical (unpaired) electrons. The van der Waals surface area contributed by atoms with Crippen LogP contribution in [0, 0.1) is 0 Å². The van der Waals surface area contributed by atoms with Crippen LogP contribution in [0.3, 0.4) is 0 Å². The van der Waals surface area contributed by atoms with E-state index in [-0.39, 0.29) is 44.4 Å². The Hall–Kier alpha value is -0.380. The molecule has 0 aromatic rings. The van der Waals surface area contributed by atoms with E-state index in [0.717, 1.165) is 0 Å². The van der Waals surface area contributed by atoms with Crippen molar-refractivity contribution in [3.8, 4) is 0 Å². The van der Waals surface area contributed by atoms with Crippen molar-refractivity contribution in [1.82, 2.24) is 15.1 Å². The molecule has 7 nitrogen and oxygen atoms in total. The van der Waals surface area contributed by atoms with E-state index in [0.29, 0.717) is 6.29 Å². The number of hydrogen-bond donors (Lipinski definition) is 2. The van der Waals surface area contributed by atoms with Crippen LogP contribution in [0.25, 0.3) is 0 Å². The molecule has 1 amide bonds. The van der Waals surface area contributed by atoms with Gasteiger partial charge in [-0.05, 0) is 0 Å². The third-order valence-electron chi connectivity index (χ3n) is 2.54. The predicted molar refractivity (Wildman–Crippen MR) is 84.3 cm³/mol. The lowest BCUT2D eigenvalue weighted by atomic mass is 10.5. The summed E-state index contributed by atoms with van der Waals surface area (Å²) in [5.41, 5.74) is 0. The Kier molecular flexibility index (Phi) is 11.9. The maximum atomic E-state index is 12.8. The molecule has 142 valence electrons. The maximum Gasteiger partial charge on any atom is 0.471 e. The van der Waals surface area contributed by atoms with E-state index >= 15 is 0 Å². The van der Waals surface area contributed by atoms with Crippen LogP contribution in [0.4, 0.5) is 13.2 Å². The van der Waals surface area contributed by atoms with Crippen molar-refractivity contribution in [2.45, 2.75) is 12.6 Å². The molecule has 0 aliphatic carbocycles. The molecular weight excluding hydrogens is 397 g/mol. The van der Waals surface area contributed by atoms with Gasteiger partial charge in [0.1, 0.15) is 6.29 Å². The third kappa shape index (κ3) is 9.19. The van der Waals surface area contributed by atoms with Gasteiger partial charge in [-0.1, -0.05) is 0 Å². The number of alkyl halides is 5. The first-order valence-electron chi connectivity index (χ1n) is 6.87. The molecule has 0 aromatic carbocycles. The number of amides is 1. The molecule has 1 unspecified atom stereocenters. The Labute approximate surface area is 147 Å². The van der Waals surface area contributed by atoms with Crippen LogP contribution in [0.2, 0.25) is 0 Å². The molecule has 0 rings (SSSR count). The second kappa shape index (κ2) is 12.1. The van der Waals surface area contributed by atoms with E-state index < -0.39 is 26.3 Å². The van der Waals surface area contributed by atoms with E-state index in [2.05, 4.69) is 5.09 Å². The molecule has 0 bridgehead atoms. The Morgan fingerprint density at radius 1 is 1.21 bits per heavy atom. The van der Waals surface area contributed by atoms with Crippen molar-refractivity contribution in [1.29, 1.82) is 0 Å². The van der Waals surface area contributed by atoms with Gasteiger partial charge in [-0.25, -0.2) is 9.76 Å².